The Morgan fingerprint density at radius 3 is 2.04 bits per heavy atom. The molecule has 0 aromatic heterocycles. The Kier molecular flexibility index (Phi) is 4.29. The standard InChI is InChI=1S/C17H11F7/c1-10-3-6-14-12(9-10)5-4-11(2)13(14)7-8-15(18,19)16(20,21)17(22,23)24/h3-6,9H,1-2H3. The van der Waals surface area contributed by atoms with E-state index in [1.54, 1.807) is 31.2 Å². The molecule has 2 rings (SSSR count). The lowest BCUT2D eigenvalue weighted by Crippen LogP contribution is -2.51. The summed E-state index contributed by atoms with van der Waals surface area (Å²) in [5.74, 6) is -9.14. The summed E-state index contributed by atoms with van der Waals surface area (Å²) in [6.45, 7) is 3.30. The van der Waals surface area contributed by atoms with Gasteiger partial charge in [0.25, 0.3) is 0 Å². The molecule has 0 heterocycles. The zero-order chi connectivity index (χ0) is 18.3. The third kappa shape index (κ3) is 3.05. The summed E-state index contributed by atoms with van der Waals surface area (Å²) in [6.07, 6.45) is -6.39. The van der Waals surface area contributed by atoms with E-state index in [9.17, 15) is 30.7 Å². The maximum atomic E-state index is 13.3. The van der Waals surface area contributed by atoms with Crippen molar-refractivity contribution in [2.24, 2.45) is 0 Å². The Balaban J connectivity index is 2.59. The van der Waals surface area contributed by atoms with Crippen LogP contribution in [0.15, 0.2) is 30.3 Å². The Morgan fingerprint density at radius 1 is 0.833 bits per heavy atom. The molecule has 0 nitrogen and oxygen atoms in total. The molecule has 0 fully saturated rings. The minimum absolute atomic E-state index is 0.00912. The molecule has 2 aromatic rings. The molecule has 0 amide bonds. The monoisotopic (exact) mass is 348 g/mol. The molecule has 0 radical (unpaired) electrons. The van der Waals surface area contributed by atoms with Crippen LogP contribution in [-0.4, -0.2) is 18.0 Å². The van der Waals surface area contributed by atoms with Gasteiger partial charge in [-0.2, -0.15) is 30.7 Å². The molecule has 7 heteroatoms. The van der Waals surface area contributed by atoms with Gasteiger partial charge in [-0.1, -0.05) is 41.8 Å². The van der Waals surface area contributed by atoms with Crippen LogP contribution in [0.1, 0.15) is 16.7 Å². The molecular weight excluding hydrogens is 337 g/mol. The van der Waals surface area contributed by atoms with Crippen molar-refractivity contribution in [2.75, 3.05) is 0 Å². The molecule has 0 bridgehead atoms. The molecule has 0 atom stereocenters. The van der Waals surface area contributed by atoms with Crippen LogP contribution in [0.2, 0.25) is 0 Å². The highest BCUT2D eigenvalue weighted by Gasteiger charge is 2.72. The quantitative estimate of drug-likeness (QED) is 0.462. The first-order valence-electron chi connectivity index (χ1n) is 6.72. The van der Waals surface area contributed by atoms with E-state index in [0.717, 1.165) is 11.5 Å². The molecule has 0 saturated heterocycles. The average Bonchev–Trinajstić information content (AvgIpc) is 2.45. The van der Waals surface area contributed by atoms with Crippen LogP contribution < -0.4 is 0 Å². The first-order chi connectivity index (χ1) is 10.9. The maximum Gasteiger partial charge on any atom is 0.461 e. The summed E-state index contributed by atoms with van der Waals surface area (Å²) < 4.78 is 88.9. The zero-order valence-electron chi connectivity index (χ0n) is 12.5. The predicted octanol–water partition coefficient (Wildman–Crippen LogP) is 5.64. The fourth-order valence-corrected chi connectivity index (χ4v) is 2.12. The number of benzene rings is 2. The number of hydrogen-bond donors (Lipinski definition) is 0. The van der Waals surface area contributed by atoms with Gasteiger partial charge in [-0.15, -0.1) is 0 Å². The maximum absolute atomic E-state index is 13.3. The molecule has 128 valence electrons. The van der Waals surface area contributed by atoms with Gasteiger partial charge in [0.05, 0.1) is 0 Å². The van der Waals surface area contributed by atoms with Crippen molar-refractivity contribution in [1.82, 2.24) is 0 Å². The van der Waals surface area contributed by atoms with Gasteiger partial charge in [0.1, 0.15) is 0 Å². The largest absolute Gasteiger partial charge is 0.461 e. The van der Waals surface area contributed by atoms with Gasteiger partial charge in [0, 0.05) is 5.56 Å². The lowest BCUT2D eigenvalue weighted by atomic mass is 9.98. The van der Waals surface area contributed by atoms with E-state index in [1.807, 2.05) is 5.92 Å². The molecular formula is C17H11F7. The molecule has 0 N–H and O–H groups in total. The Labute approximate surface area is 133 Å². The first kappa shape index (κ1) is 18.1. The molecule has 24 heavy (non-hydrogen) atoms. The normalized spacial score (nSPS) is 12.9. The van der Waals surface area contributed by atoms with Crippen molar-refractivity contribution in [2.45, 2.75) is 31.9 Å². The smallest absolute Gasteiger partial charge is 0.188 e. The van der Waals surface area contributed by atoms with E-state index in [-0.39, 0.29) is 5.56 Å². The van der Waals surface area contributed by atoms with Crippen molar-refractivity contribution < 1.29 is 30.7 Å². The third-order valence-corrected chi connectivity index (χ3v) is 3.48. The number of rotatable bonds is 1. The number of fused-ring (bicyclic) bond motifs is 1. The van der Waals surface area contributed by atoms with Crippen molar-refractivity contribution in [1.29, 1.82) is 0 Å². The SMILES string of the molecule is Cc1ccc2c(C#CC(F)(F)C(F)(F)C(F)(F)F)c(C)ccc2c1. The fourth-order valence-electron chi connectivity index (χ4n) is 2.12. The topological polar surface area (TPSA) is 0 Å². The van der Waals surface area contributed by atoms with Gasteiger partial charge < -0.3 is 0 Å². The molecule has 0 aliphatic rings. The van der Waals surface area contributed by atoms with Crippen LogP contribution in [0.4, 0.5) is 30.7 Å². The fraction of sp³-hybridized carbons (Fsp3) is 0.294. The predicted molar refractivity (Wildman–Crippen MR) is 76.2 cm³/mol. The zero-order valence-corrected chi connectivity index (χ0v) is 12.5. The Hall–Kier alpha value is -2.23. The number of halogens is 7. The van der Waals surface area contributed by atoms with Crippen molar-refractivity contribution in [3.8, 4) is 11.8 Å². The summed E-state index contributed by atoms with van der Waals surface area (Å²) in [7, 11) is 0. The van der Waals surface area contributed by atoms with Crippen LogP contribution in [0, 0.1) is 25.7 Å². The van der Waals surface area contributed by atoms with Crippen LogP contribution in [0.25, 0.3) is 10.8 Å². The van der Waals surface area contributed by atoms with E-state index < -0.39 is 18.0 Å². The second kappa shape index (κ2) is 5.69. The molecule has 0 saturated carbocycles. The average molecular weight is 348 g/mol. The summed E-state index contributed by atoms with van der Waals surface area (Å²) in [4.78, 5) is 0. The Bertz CT molecular complexity index is 836. The van der Waals surface area contributed by atoms with Crippen LogP contribution in [-0.2, 0) is 0 Å². The highest BCUT2D eigenvalue weighted by Crippen LogP contribution is 2.46. The minimum atomic E-state index is -6.39. The number of hydrogen-bond acceptors (Lipinski definition) is 0. The summed E-state index contributed by atoms with van der Waals surface area (Å²) in [5.41, 5.74) is 1.26. The molecule has 2 aromatic carbocycles. The van der Waals surface area contributed by atoms with Gasteiger partial charge in [0.2, 0.25) is 0 Å². The van der Waals surface area contributed by atoms with E-state index >= 15 is 0 Å². The molecule has 0 unspecified atom stereocenters. The molecule has 0 aliphatic heterocycles. The molecule has 0 aliphatic carbocycles. The van der Waals surface area contributed by atoms with Crippen molar-refractivity contribution in [3.05, 3.63) is 47.0 Å². The van der Waals surface area contributed by atoms with Crippen LogP contribution in [0.3, 0.4) is 0 Å². The van der Waals surface area contributed by atoms with Crippen LogP contribution in [0.5, 0.6) is 0 Å². The lowest BCUT2D eigenvalue weighted by Gasteiger charge is -2.24. The highest BCUT2D eigenvalue weighted by atomic mass is 19.4. The van der Waals surface area contributed by atoms with Crippen molar-refractivity contribution in [3.63, 3.8) is 0 Å². The van der Waals surface area contributed by atoms with Gasteiger partial charge in [0.15, 0.2) is 0 Å². The van der Waals surface area contributed by atoms with Crippen LogP contribution >= 0.6 is 0 Å². The van der Waals surface area contributed by atoms with Gasteiger partial charge in [-0.05, 0) is 36.1 Å². The third-order valence-electron chi connectivity index (χ3n) is 3.48. The summed E-state index contributed by atoms with van der Waals surface area (Å²) >= 11 is 0. The molecule has 0 spiro atoms. The summed E-state index contributed by atoms with van der Waals surface area (Å²) in [5, 5.41) is 1.02. The summed E-state index contributed by atoms with van der Waals surface area (Å²) in [6, 6.07) is 8.16. The van der Waals surface area contributed by atoms with E-state index in [1.165, 1.54) is 13.0 Å². The van der Waals surface area contributed by atoms with Gasteiger partial charge >= 0.3 is 18.0 Å². The second-order valence-corrected chi connectivity index (χ2v) is 5.38. The Morgan fingerprint density at radius 2 is 1.46 bits per heavy atom. The first-order valence-corrected chi connectivity index (χ1v) is 6.72. The van der Waals surface area contributed by atoms with E-state index in [2.05, 4.69) is 0 Å². The van der Waals surface area contributed by atoms with Gasteiger partial charge in [-0.25, -0.2) is 0 Å². The van der Waals surface area contributed by atoms with Gasteiger partial charge in [-0.3, -0.25) is 0 Å². The van der Waals surface area contributed by atoms with E-state index in [4.69, 9.17) is 0 Å². The van der Waals surface area contributed by atoms with Crippen molar-refractivity contribution >= 4 is 10.8 Å². The minimum Gasteiger partial charge on any atom is -0.188 e. The highest BCUT2D eigenvalue weighted by molar-refractivity contribution is 5.90. The lowest BCUT2D eigenvalue weighted by molar-refractivity contribution is -0.339. The number of alkyl halides is 7. The van der Waals surface area contributed by atoms with E-state index in [0.29, 0.717) is 16.3 Å². The number of aryl methyl sites for hydroxylation is 2. The second-order valence-electron chi connectivity index (χ2n) is 5.38.